The summed E-state index contributed by atoms with van der Waals surface area (Å²) in [4.78, 5) is 35.2. The number of aromatic nitrogens is 2. The molecule has 1 amide bonds. The quantitative estimate of drug-likeness (QED) is 0.323. The Hall–Kier alpha value is -3.73. The van der Waals surface area contributed by atoms with Gasteiger partial charge in [0.1, 0.15) is 12.2 Å². The predicted molar refractivity (Wildman–Crippen MR) is 109 cm³/mol. The number of nitrogens with zero attached hydrogens (tertiary/aromatic N) is 3. The number of benzene rings is 2. The van der Waals surface area contributed by atoms with Crippen LogP contribution in [0.5, 0.6) is 0 Å². The van der Waals surface area contributed by atoms with E-state index in [2.05, 4.69) is 10.4 Å². The summed E-state index contributed by atoms with van der Waals surface area (Å²) in [6, 6.07) is 12.3. The van der Waals surface area contributed by atoms with Gasteiger partial charge in [0.05, 0.1) is 10.6 Å². The largest absolute Gasteiger partial charge is 0.442 e. The Bertz CT molecular complexity index is 1210. The highest BCUT2D eigenvalue weighted by atomic mass is 35.5. The van der Waals surface area contributed by atoms with E-state index < -0.39 is 46.4 Å². The number of hydrogen-bond acceptors (Lipinski definition) is 5. The number of halogens is 4. The van der Waals surface area contributed by atoms with Crippen molar-refractivity contribution < 1.29 is 27.7 Å². The van der Waals surface area contributed by atoms with Crippen molar-refractivity contribution in [1.82, 2.24) is 9.78 Å². The third kappa shape index (κ3) is 4.78. The third-order valence-electron chi connectivity index (χ3n) is 4.46. The zero-order valence-corrected chi connectivity index (χ0v) is 17.1. The number of anilines is 1. The van der Waals surface area contributed by atoms with Crippen molar-refractivity contribution in [3.05, 3.63) is 86.2 Å². The molecule has 0 fully saturated rings. The molecule has 0 unspecified atom stereocenters. The molecule has 1 aromatic heterocycles. The number of alkyl halides is 3. The van der Waals surface area contributed by atoms with E-state index in [1.165, 1.54) is 18.2 Å². The van der Waals surface area contributed by atoms with Crippen LogP contribution in [0, 0.1) is 17.0 Å². The molecule has 3 rings (SSSR count). The monoisotopic (exact) mass is 466 g/mol. The summed E-state index contributed by atoms with van der Waals surface area (Å²) in [6.45, 7) is 0.310. The zero-order valence-electron chi connectivity index (χ0n) is 16.3. The van der Waals surface area contributed by atoms with E-state index in [0.29, 0.717) is 10.2 Å². The van der Waals surface area contributed by atoms with Gasteiger partial charge < -0.3 is 5.32 Å². The van der Waals surface area contributed by atoms with Gasteiger partial charge in [-0.2, -0.15) is 18.3 Å². The van der Waals surface area contributed by atoms with Crippen LogP contribution in [0.1, 0.15) is 27.3 Å². The van der Waals surface area contributed by atoms with Gasteiger partial charge in [-0.25, -0.2) is 0 Å². The summed E-state index contributed by atoms with van der Waals surface area (Å²) in [6.07, 6.45) is -5.07. The summed E-state index contributed by atoms with van der Waals surface area (Å²) in [5.74, 6) is -1.28. The van der Waals surface area contributed by atoms with Crippen LogP contribution < -0.4 is 5.32 Å². The SMILES string of the molecule is Cc1c([N+](=O)[O-])c(C(F)(F)F)nn1CC(=O)Nc1ccc(Cl)cc1C(=O)c1ccccc1. The molecule has 8 nitrogen and oxygen atoms in total. The molecule has 2 aromatic carbocycles. The van der Waals surface area contributed by atoms with Crippen LogP contribution in [0.2, 0.25) is 5.02 Å². The second-order valence-corrected chi connectivity index (χ2v) is 7.06. The number of carbonyl (C=O) groups excluding carboxylic acids is 2. The van der Waals surface area contributed by atoms with Gasteiger partial charge >= 0.3 is 11.9 Å². The Morgan fingerprint density at radius 1 is 1.19 bits per heavy atom. The highest BCUT2D eigenvalue weighted by molar-refractivity contribution is 6.31. The maximum absolute atomic E-state index is 13.1. The van der Waals surface area contributed by atoms with Gasteiger partial charge in [-0.15, -0.1) is 0 Å². The van der Waals surface area contributed by atoms with Gasteiger partial charge in [0, 0.05) is 16.1 Å². The van der Waals surface area contributed by atoms with Crippen LogP contribution >= 0.6 is 11.6 Å². The van der Waals surface area contributed by atoms with E-state index >= 15 is 0 Å². The second-order valence-electron chi connectivity index (χ2n) is 6.63. The summed E-state index contributed by atoms with van der Waals surface area (Å²) in [5.41, 5.74) is -2.89. The van der Waals surface area contributed by atoms with Gasteiger partial charge in [-0.3, -0.25) is 24.4 Å². The van der Waals surface area contributed by atoms with Crippen LogP contribution in [0.4, 0.5) is 24.5 Å². The molecule has 12 heteroatoms. The average molecular weight is 467 g/mol. The van der Waals surface area contributed by atoms with Crippen LogP contribution in [-0.4, -0.2) is 26.4 Å². The van der Waals surface area contributed by atoms with Crippen molar-refractivity contribution in [3.63, 3.8) is 0 Å². The fraction of sp³-hybridized carbons (Fsp3) is 0.150. The molecule has 3 aromatic rings. The zero-order chi connectivity index (χ0) is 23.6. The molecular formula is C20H14ClF3N4O4. The lowest BCUT2D eigenvalue weighted by atomic mass is 10.0. The molecule has 0 aliphatic heterocycles. The molecule has 1 heterocycles. The number of rotatable bonds is 6. The molecule has 0 spiro atoms. The molecule has 0 saturated carbocycles. The van der Waals surface area contributed by atoms with Crippen LogP contribution in [0.25, 0.3) is 0 Å². The fourth-order valence-corrected chi connectivity index (χ4v) is 3.16. The Morgan fingerprint density at radius 2 is 1.84 bits per heavy atom. The minimum Gasteiger partial charge on any atom is -0.324 e. The first-order valence-corrected chi connectivity index (χ1v) is 9.35. The summed E-state index contributed by atoms with van der Waals surface area (Å²) in [7, 11) is 0. The Kier molecular flexibility index (Phi) is 6.30. The Balaban J connectivity index is 1.90. The third-order valence-corrected chi connectivity index (χ3v) is 4.69. The standard InChI is InChI=1S/C20H14ClF3N4O4/c1-11-17(28(31)32)19(20(22,23)24)26-27(11)10-16(29)25-15-8-7-13(21)9-14(15)18(30)12-5-3-2-4-6-12/h2-9H,10H2,1H3,(H,25,29). The average Bonchev–Trinajstić information content (AvgIpc) is 3.06. The molecule has 0 bridgehead atoms. The lowest BCUT2D eigenvalue weighted by molar-refractivity contribution is -0.388. The molecule has 166 valence electrons. The first-order valence-electron chi connectivity index (χ1n) is 8.97. The van der Waals surface area contributed by atoms with E-state index in [9.17, 15) is 32.9 Å². The number of ketones is 1. The van der Waals surface area contributed by atoms with Crippen molar-refractivity contribution in [2.75, 3.05) is 5.32 Å². The first kappa shape index (κ1) is 22.9. The maximum atomic E-state index is 13.1. The fourth-order valence-electron chi connectivity index (χ4n) is 2.98. The van der Waals surface area contributed by atoms with E-state index in [1.54, 1.807) is 30.3 Å². The number of nitrogens with one attached hydrogen (secondary N) is 1. The normalized spacial score (nSPS) is 11.3. The predicted octanol–water partition coefficient (Wildman–Crippen LogP) is 4.64. The van der Waals surface area contributed by atoms with Crippen LogP contribution in [0.15, 0.2) is 48.5 Å². The van der Waals surface area contributed by atoms with E-state index in [-0.39, 0.29) is 16.3 Å². The van der Waals surface area contributed by atoms with Crippen LogP contribution in [-0.2, 0) is 17.5 Å². The summed E-state index contributed by atoms with van der Waals surface area (Å²) >= 11 is 5.98. The van der Waals surface area contributed by atoms with Crippen molar-refractivity contribution in [2.45, 2.75) is 19.6 Å². The van der Waals surface area contributed by atoms with E-state index in [4.69, 9.17) is 11.6 Å². The van der Waals surface area contributed by atoms with Gasteiger partial charge in [0.25, 0.3) is 0 Å². The Morgan fingerprint density at radius 3 is 2.41 bits per heavy atom. The molecule has 0 aliphatic carbocycles. The summed E-state index contributed by atoms with van der Waals surface area (Å²) in [5, 5.41) is 16.9. The number of amides is 1. The molecule has 0 radical (unpaired) electrons. The number of carbonyl (C=O) groups is 2. The smallest absolute Gasteiger partial charge is 0.324 e. The minimum absolute atomic E-state index is 0.0659. The van der Waals surface area contributed by atoms with E-state index in [0.717, 1.165) is 6.92 Å². The highest BCUT2D eigenvalue weighted by Crippen LogP contribution is 2.37. The lowest BCUT2D eigenvalue weighted by Crippen LogP contribution is -2.22. The molecule has 0 atom stereocenters. The topological polar surface area (TPSA) is 107 Å². The summed E-state index contributed by atoms with van der Waals surface area (Å²) < 4.78 is 39.9. The highest BCUT2D eigenvalue weighted by Gasteiger charge is 2.44. The Labute approximate surface area is 183 Å². The molecular weight excluding hydrogens is 453 g/mol. The first-order chi connectivity index (χ1) is 15.0. The van der Waals surface area contributed by atoms with Crippen LogP contribution in [0.3, 0.4) is 0 Å². The maximum Gasteiger partial charge on any atom is 0.442 e. The molecule has 1 N–H and O–H groups in total. The number of nitro groups is 1. The molecule has 32 heavy (non-hydrogen) atoms. The van der Waals surface area contributed by atoms with Gasteiger partial charge in [-0.05, 0) is 25.1 Å². The minimum atomic E-state index is -5.07. The van der Waals surface area contributed by atoms with Crippen molar-refractivity contribution in [3.8, 4) is 0 Å². The van der Waals surface area contributed by atoms with Crippen molar-refractivity contribution in [1.29, 1.82) is 0 Å². The van der Waals surface area contributed by atoms with Crippen molar-refractivity contribution >= 4 is 34.7 Å². The van der Waals surface area contributed by atoms with Gasteiger partial charge in [-0.1, -0.05) is 41.9 Å². The van der Waals surface area contributed by atoms with Crippen molar-refractivity contribution in [2.24, 2.45) is 0 Å². The van der Waals surface area contributed by atoms with E-state index in [1.807, 2.05) is 0 Å². The lowest BCUT2D eigenvalue weighted by Gasteiger charge is -2.12. The number of hydrogen-bond donors (Lipinski definition) is 1. The second kappa shape index (κ2) is 8.79. The molecule has 0 aliphatic rings. The van der Waals surface area contributed by atoms with Gasteiger partial charge in [0.2, 0.25) is 11.6 Å². The van der Waals surface area contributed by atoms with Gasteiger partial charge in [0.15, 0.2) is 5.78 Å². The molecule has 0 saturated heterocycles.